The lowest BCUT2D eigenvalue weighted by atomic mass is 10.2. The van der Waals surface area contributed by atoms with E-state index in [0.717, 1.165) is 5.56 Å². The molecule has 0 spiro atoms. The van der Waals surface area contributed by atoms with Gasteiger partial charge in [0.15, 0.2) is 5.76 Å². The standard InChI is InChI=1S/C20H21FN4O4S2/c1-12-17(30-19(22-12)15-4-6-16(21)7-5-15)20(26)24-8-10-25(11-9-24)31(27,28)18-13(2)23-29-14(18)3/h4-7H,8-11H2,1-3H3. The number of sulfonamides is 1. The Kier molecular flexibility index (Phi) is 5.67. The largest absolute Gasteiger partial charge is 0.360 e. The Labute approximate surface area is 183 Å². The molecule has 4 rings (SSSR count). The Morgan fingerprint density at radius 2 is 1.71 bits per heavy atom. The summed E-state index contributed by atoms with van der Waals surface area (Å²) in [6.45, 7) is 5.82. The fourth-order valence-electron chi connectivity index (χ4n) is 3.56. The van der Waals surface area contributed by atoms with Crippen LogP contribution in [0.4, 0.5) is 4.39 Å². The molecule has 0 saturated carbocycles. The van der Waals surface area contributed by atoms with Gasteiger partial charge in [-0.3, -0.25) is 4.79 Å². The summed E-state index contributed by atoms with van der Waals surface area (Å²) in [5.41, 5.74) is 1.66. The van der Waals surface area contributed by atoms with Crippen molar-refractivity contribution >= 4 is 27.3 Å². The summed E-state index contributed by atoms with van der Waals surface area (Å²) in [4.78, 5) is 19.7. The second-order valence-electron chi connectivity index (χ2n) is 7.29. The summed E-state index contributed by atoms with van der Waals surface area (Å²) >= 11 is 1.25. The van der Waals surface area contributed by atoms with Gasteiger partial charge in [0, 0.05) is 31.7 Å². The van der Waals surface area contributed by atoms with Gasteiger partial charge in [-0.25, -0.2) is 17.8 Å². The van der Waals surface area contributed by atoms with E-state index >= 15 is 0 Å². The predicted octanol–water partition coefficient (Wildman–Crippen LogP) is 3.01. The number of carbonyl (C=O) groups excluding carboxylic acids is 1. The average Bonchev–Trinajstić information content (AvgIpc) is 3.30. The van der Waals surface area contributed by atoms with E-state index in [9.17, 15) is 17.6 Å². The zero-order chi connectivity index (χ0) is 22.3. The summed E-state index contributed by atoms with van der Waals surface area (Å²) in [6.07, 6.45) is 0. The maximum Gasteiger partial charge on any atom is 0.265 e. The van der Waals surface area contributed by atoms with E-state index in [1.54, 1.807) is 37.8 Å². The van der Waals surface area contributed by atoms with Crippen LogP contribution in [0.1, 0.15) is 26.8 Å². The van der Waals surface area contributed by atoms with Gasteiger partial charge in [-0.05, 0) is 45.0 Å². The zero-order valence-electron chi connectivity index (χ0n) is 17.3. The fraction of sp³-hybridized carbons (Fsp3) is 0.350. The molecule has 0 bridgehead atoms. The van der Waals surface area contributed by atoms with Gasteiger partial charge in [-0.2, -0.15) is 4.31 Å². The molecule has 164 valence electrons. The van der Waals surface area contributed by atoms with E-state index in [4.69, 9.17) is 4.52 Å². The molecule has 1 fully saturated rings. The molecule has 3 heterocycles. The molecule has 31 heavy (non-hydrogen) atoms. The van der Waals surface area contributed by atoms with Crippen molar-refractivity contribution in [1.82, 2.24) is 19.3 Å². The van der Waals surface area contributed by atoms with Crippen LogP contribution in [0.2, 0.25) is 0 Å². The third kappa shape index (κ3) is 4.00. The second-order valence-corrected chi connectivity index (χ2v) is 10.2. The molecular formula is C20H21FN4O4S2. The minimum absolute atomic E-state index is 0.0921. The summed E-state index contributed by atoms with van der Waals surface area (Å²) in [7, 11) is -3.74. The Bertz CT molecular complexity index is 1210. The lowest BCUT2D eigenvalue weighted by Crippen LogP contribution is -2.50. The highest BCUT2D eigenvalue weighted by Gasteiger charge is 2.35. The number of piperazine rings is 1. The fourth-order valence-corrected chi connectivity index (χ4v) is 6.31. The number of aromatic nitrogens is 2. The number of rotatable bonds is 4. The maximum atomic E-state index is 13.2. The molecule has 0 atom stereocenters. The molecule has 11 heteroatoms. The molecule has 3 aromatic rings. The Hall–Kier alpha value is -2.63. The maximum absolute atomic E-state index is 13.2. The highest BCUT2D eigenvalue weighted by Crippen LogP contribution is 2.30. The molecule has 0 N–H and O–H groups in total. The van der Waals surface area contributed by atoms with Crippen molar-refractivity contribution in [3.63, 3.8) is 0 Å². The minimum atomic E-state index is -3.74. The van der Waals surface area contributed by atoms with Crippen molar-refractivity contribution in [2.75, 3.05) is 26.2 Å². The first-order chi connectivity index (χ1) is 14.7. The van der Waals surface area contributed by atoms with Crippen molar-refractivity contribution < 1.29 is 22.1 Å². The van der Waals surface area contributed by atoms with Crippen LogP contribution in [0.15, 0.2) is 33.7 Å². The van der Waals surface area contributed by atoms with Crippen molar-refractivity contribution in [3.8, 4) is 10.6 Å². The van der Waals surface area contributed by atoms with E-state index in [1.165, 1.54) is 27.8 Å². The molecule has 1 amide bonds. The molecule has 8 nitrogen and oxygen atoms in total. The van der Waals surface area contributed by atoms with Crippen LogP contribution in [-0.4, -0.2) is 59.8 Å². The summed E-state index contributed by atoms with van der Waals surface area (Å²) in [5, 5.41) is 4.37. The number of aryl methyl sites for hydroxylation is 3. The molecule has 1 aromatic carbocycles. The van der Waals surface area contributed by atoms with Crippen LogP contribution >= 0.6 is 11.3 Å². The summed E-state index contributed by atoms with van der Waals surface area (Å²) < 4.78 is 45.5. The van der Waals surface area contributed by atoms with Crippen LogP contribution in [-0.2, 0) is 10.0 Å². The van der Waals surface area contributed by atoms with Crippen molar-refractivity contribution in [2.24, 2.45) is 0 Å². The van der Waals surface area contributed by atoms with E-state index in [2.05, 4.69) is 10.1 Å². The van der Waals surface area contributed by atoms with Gasteiger partial charge in [-0.15, -0.1) is 11.3 Å². The first-order valence-electron chi connectivity index (χ1n) is 9.64. The first-order valence-corrected chi connectivity index (χ1v) is 11.9. The summed E-state index contributed by atoms with van der Waals surface area (Å²) in [5.74, 6) is -0.264. The van der Waals surface area contributed by atoms with Crippen LogP contribution in [0.3, 0.4) is 0 Å². The van der Waals surface area contributed by atoms with Gasteiger partial charge in [0.25, 0.3) is 5.91 Å². The molecule has 1 aliphatic heterocycles. The molecule has 1 aliphatic rings. The Morgan fingerprint density at radius 3 is 2.29 bits per heavy atom. The van der Waals surface area contributed by atoms with Gasteiger partial charge >= 0.3 is 0 Å². The van der Waals surface area contributed by atoms with Crippen LogP contribution < -0.4 is 0 Å². The number of thiazole rings is 1. The third-order valence-corrected chi connectivity index (χ3v) is 8.51. The third-order valence-electron chi connectivity index (χ3n) is 5.17. The summed E-state index contributed by atoms with van der Waals surface area (Å²) in [6, 6.07) is 5.96. The smallest absolute Gasteiger partial charge is 0.265 e. The van der Waals surface area contributed by atoms with Crippen LogP contribution in [0.5, 0.6) is 0 Å². The van der Waals surface area contributed by atoms with E-state index < -0.39 is 10.0 Å². The van der Waals surface area contributed by atoms with Gasteiger partial charge in [0.1, 0.15) is 26.3 Å². The van der Waals surface area contributed by atoms with Gasteiger partial charge < -0.3 is 9.42 Å². The van der Waals surface area contributed by atoms with Crippen LogP contribution in [0.25, 0.3) is 10.6 Å². The van der Waals surface area contributed by atoms with Gasteiger partial charge in [0.2, 0.25) is 10.0 Å². The molecule has 0 aliphatic carbocycles. The lowest BCUT2D eigenvalue weighted by molar-refractivity contribution is 0.0701. The average molecular weight is 465 g/mol. The number of hydrogen-bond donors (Lipinski definition) is 0. The molecule has 0 unspecified atom stereocenters. The Morgan fingerprint density at radius 1 is 1.06 bits per heavy atom. The number of benzene rings is 1. The number of hydrogen-bond acceptors (Lipinski definition) is 7. The SMILES string of the molecule is Cc1nc(-c2ccc(F)cc2)sc1C(=O)N1CCN(S(=O)(=O)c2c(C)noc2C)CC1. The van der Waals surface area contributed by atoms with Crippen molar-refractivity contribution in [1.29, 1.82) is 0 Å². The molecule has 1 saturated heterocycles. The van der Waals surface area contributed by atoms with E-state index in [1.807, 2.05) is 0 Å². The normalized spacial score (nSPS) is 15.4. The second kappa shape index (κ2) is 8.13. The number of halogens is 1. The van der Waals surface area contributed by atoms with Crippen molar-refractivity contribution in [3.05, 3.63) is 52.1 Å². The topological polar surface area (TPSA) is 96.6 Å². The van der Waals surface area contributed by atoms with Crippen molar-refractivity contribution in [2.45, 2.75) is 25.7 Å². The highest BCUT2D eigenvalue weighted by molar-refractivity contribution is 7.89. The number of nitrogens with zero attached hydrogens (tertiary/aromatic N) is 4. The number of carbonyl (C=O) groups is 1. The van der Waals surface area contributed by atoms with Crippen LogP contribution in [0, 0.1) is 26.6 Å². The predicted molar refractivity (Wildman–Crippen MR) is 113 cm³/mol. The number of amides is 1. The zero-order valence-corrected chi connectivity index (χ0v) is 18.9. The molecular weight excluding hydrogens is 443 g/mol. The Balaban J connectivity index is 1.48. The minimum Gasteiger partial charge on any atom is -0.360 e. The molecule has 2 aromatic heterocycles. The monoisotopic (exact) mass is 464 g/mol. The highest BCUT2D eigenvalue weighted by atomic mass is 32.2. The van der Waals surface area contributed by atoms with Gasteiger partial charge in [0.05, 0.1) is 5.69 Å². The lowest BCUT2D eigenvalue weighted by Gasteiger charge is -2.33. The first kappa shape index (κ1) is 21.6. The molecule has 0 radical (unpaired) electrons. The van der Waals surface area contributed by atoms with E-state index in [-0.39, 0.29) is 48.6 Å². The van der Waals surface area contributed by atoms with Gasteiger partial charge in [-0.1, -0.05) is 5.16 Å². The quantitative estimate of drug-likeness (QED) is 0.589. The van der Waals surface area contributed by atoms with E-state index in [0.29, 0.717) is 21.3 Å².